The molecule has 0 spiro atoms. The molecule has 1 aliphatic carbocycles. The number of aromatic nitrogens is 9. The van der Waals surface area contributed by atoms with Crippen LogP contribution in [0, 0.1) is 74.7 Å². The third kappa shape index (κ3) is 12.9. The molecule has 0 unspecified atom stereocenters. The Balaban J connectivity index is 0.000000138. The van der Waals surface area contributed by atoms with Gasteiger partial charge in [0.05, 0.1) is 50.4 Å². The van der Waals surface area contributed by atoms with Crippen LogP contribution in [0.5, 0.6) is 0 Å². The summed E-state index contributed by atoms with van der Waals surface area (Å²) >= 11 is 0. The highest BCUT2D eigenvalue weighted by molar-refractivity contribution is 6.04. The van der Waals surface area contributed by atoms with Crippen molar-refractivity contribution in [1.82, 2.24) is 29.9 Å². The molecule has 1 saturated carbocycles. The van der Waals surface area contributed by atoms with Crippen LogP contribution in [-0.4, -0.2) is 29.9 Å². The number of fused-ring (bicyclic) bond motifs is 3. The van der Waals surface area contributed by atoms with Crippen molar-refractivity contribution < 1.29 is 13.7 Å². The number of hydrogen-bond donors (Lipinski definition) is 0. The predicted octanol–water partition coefficient (Wildman–Crippen LogP) is 17.7. The van der Waals surface area contributed by atoms with Gasteiger partial charge in [0.25, 0.3) is 0 Å². The minimum absolute atomic E-state index is 0.175. The molecule has 0 atom stereocenters. The van der Waals surface area contributed by atoms with Crippen LogP contribution in [0.2, 0.25) is 0 Å². The SMILES string of the molecule is Cc1cc(C)c(C)c(-c2c3cccc(-c4cnc(C)cn4)c3cc[n+]2C)c1.Cc1cc(C)c(C)c(-c2c3cccc(-c4cnc(C5CCCC5)nc4)c3cc[n+]2C)c1.Cc1cc(C)c(C)c(-c2c3cccc(-c4cnc(CC(C)(C)C)nc4)c3cc[n+]2C)c1. The highest BCUT2D eigenvalue weighted by atomic mass is 14.9. The standard InChI is InChI=1S/C28H30N3.C28H32N3.C24H24N3/c1-18-14-19(2)20(3)26(15-18)27-25-11-7-10-23(24(25)12-13-31(27)4)22-16-29-28(30-17-22)21-8-5-6-9-21;1-18-13-19(2)20(3)25(14-18)27-24-10-8-9-22(23(24)11-12-31(27)7)21-16-29-26(30-17-21)15-28(4,5)6;1-15-11-16(2)18(4)22(12-15)24-21-8-6-7-20(19(21)9-10-27(24)5)23-14-25-17(3)13-26-23/h7,10-17,21H,5-6,8-9H2,1-4H3;8-14,16-17H,15H2,1-7H3;6-14H,1-5H3/q3*+1. The first kappa shape index (κ1) is 61.4. The smallest absolute Gasteiger partial charge is 0.220 e. The topological polar surface area (TPSA) is 89.0 Å². The van der Waals surface area contributed by atoms with Crippen LogP contribution in [0.4, 0.5) is 0 Å². The Morgan fingerprint density at radius 3 is 1.16 bits per heavy atom. The van der Waals surface area contributed by atoms with Gasteiger partial charge in [-0.25, -0.2) is 33.6 Å². The van der Waals surface area contributed by atoms with Crippen LogP contribution < -0.4 is 13.7 Å². The summed E-state index contributed by atoms with van der Waals surface area (Å²) in [6.07, 6.45) is 24.1. The summed E-state index contributed by atoms with van der Waals surface area (Å²) in [5.74, 6) is 2.45. The summed E-state index contributed by atoms with van der Waals surface area (Å²) in [5, 5.41) is 7.40. The molecule has 13 rings (SSSR count). The molecule has 1 fully saturated rings. The van der Waals surface area contributed by atoms with E-state index >= 15 is 0 Å². The van der Waals surface area contributed by atoms with E-state index in [0.29, 0.717) is 5.92 Å². The average Bonchev–Trinajstić information content (AvgIpc) is 1.76. The Kier molecular flexibility index (Phi) is 17.6. The molecule has 0 amide bonds. The van der Waals surface area contributed by atoms with E-state index in [9.17, 15) is 0 Å². The van der Waals surface area contributed by atoms with Gasteiger partial charge in [-0.3, -0.25) is 9.97 Å². The minimum Gasteiger partial charge on any atom is -0.258 e. The van der Waals surface area contributed by atoms with Gasteiger partial charge >= 0.3 is 0 Å². The van der Waals surface area contributed by atoms with Gasteiger partial charge in [-0.15, -0.1) is 0 Å². The molecule has 0 saturated heterocycles. The quantitative estimate of drug-likeness (QED) is 0.141. The summed E-state index contributed by atoms with van der Waals surface area (Å²) < 4.78 is 6.69. The van der Waals surface area contributed by atoms with E-state index in [1.165, 1.54) is 153 Å². The van der Waals surface area contributed by atoms with Gasteiger partial charge in [-0.1, -0.05) is 105 Å². The Bertz CT molecular complexity index is 4630. The van der Waals surface area contributed by atoms with Gasteiger partial charge in [-0.05, 0) is 168 Å². The van der Waals surface area contributed by atoms with Crippen molar-refractivity contribution in [2.24, 2.45) is 26.6 Å². The van der Waals surface area contributed by atoms with Gasteiger partial charge in [0, 0.05) is 94.4 Å². The van der Waals surface area contributed by atoms with Gasteiger partial charge in [0.15, 0.2) is 18.6 Å². The Morgan fingerprint density at radius 1 is 0.393 bits per heavy atom. The maximum absolute atomic E-state index is 4.76. The predicted molar refractivity (Wildman–Crippen MR) is 366 cm³/mol. The molecule has 9 heteroatoms. The van der Waals surface area contributed by atoms with Gasteiger partial charge in [0.1, 0.15) is 32.8 Å². The summed E-state index contributed by atoms with van der Waals surface area (Å²) in [4.78, 5) is 27.9. The summed E-state index contributed by atoms with van der Waals surface area (Å²) in [6, 6.07) is 39.8. The largest absolute Gasteiger partial charge is 0.258 e. The van der Waals surface area contributed by atoms with Crippen LogP contribution in [-0.2, 0) is 27.6 Å². The molecule has 9 nitrogen and oxygen atoms in total. The first-order valence-corrected chi connectivity index (χ1v) is 31.5. The number of rotatable bonds is 8. The second kappa shape index (κ2) is 25.5. The molecule has 0 aliphatic heterocycles. The highest BCUT2D eigenvalue weighted by Crippen LogP contribution is 2.39. The lowest BCUT2D eigenvalue weighted by Gasteiger charge is -2.16. The second-order valence-electron chi connectivity index (χ2n) is 26.4. The molecule has 6 aromatic heterocycles. The normalized spacial score (nSPS) is 12.5. The van der Waals surface area contributed by atoms with Crippen LogP contribution in [0.25, 0.3) is 99.6 Å². The molecule has 12 aromatic rings. The van der Waals surface area contributed by atoms with E-state index < -0.39 is 0 Å². The summed E-state index contributed by atoms with van der Waals surface area (Å²) in [5.41, 5.74) is 27.1. The number of hydrogen-bond acceptors (Lipinski definition) is 6. The fourth-order valence-electron chi connectivity index (χ4n) is 13.3. The summed E-state index contributed by atoms with van der Waals surface area (Å²) in [6.45, 7) is 28.3. The zero-order valence-electron chi connectivity index (χ0n) is 55.2. The van der Waals surface area contributed by atoms with Crippen molar-refractivity contribution in [1.29, 1.82) is 0 Å². The molecule has 0 N–H and O–H groups in total. The van der Waals surface area contributed by atoms with Gasteiger partial charge < -0.3 is 0 Å². The van der Waals surface area contributed by atoms with Crippen LogP contribution in [0.15, 0.2) is 165 Å². The molecule has 0 bridgehead atoms. The van der Waals surface area contributed by atoms with Crippen molar-refractivity contribution in [2.75, 3.05) is 0 Å². The van der Waals surface area contributed by atoms with E-state index in [-0.39, 0.29) is 5.41 Å². The zero-order chi connectivity index (χ0) is 63.0. The molecule has 1 aliphatic rings. The highest BCUT2D eigenvalue weighted by Gasteiger charge is 2.25. The average molecular weight is 1170 g/mol. The fourth-order valence-corrected chi connectivity index (χ4v) is 13.3. The molecular formula is C80H86N9+3. The van der Waals surface area contributed by atoms with E-state index in [0.717, 1.165) is 46.1 Å². The number of benzene rings is 6. The Labute approximate surface area is 527 Å². The van der Waals surface area contributed by atoms with Crippen molar-refractivity contribution in [3.05, 3.63) is 232 Å². The third-order valence-corrected chi connectivity index (χ3v) is 18.2. The lowest BCUT2D eigenvalue weighted by molar-refractivity contribution is -0.659. The number of nitrogens with zero attached hydrogens (tertiary/aromatic N) is 9. The van der Waals surface area contributed by atoms with Crippen LogP contribution >= 0.6 is 0 Å². The third-order valence-electron chi connectivity index (χ3n) is 18.2. The van der Waals surface area contributed by atoms with Gasteiger partial charge in [0.2, 0.25) is 17.1 Å². The first-order chi connectivity index (χ1) is 42.6. The summed E-state index contributed by atoms with van der Waals surface area (Å²) in [7, 11) is 6.38. The molecule has 6 heterocycles. The lowest BCUT2D eigenvalue weighted by atomic mass is 9.91. The van der Waals surface area contributed by atoms with Crippen LogP contribution in [0.3, 0.4) is 0 Å². The number of pyridine rings is 3. The minimum atomic E-state index is 0.175. The molecular weight excluding hydrogens is 1090 g/mol. The Morgan fingerprint density at radius 2 is 0.775 bits per heavy atom. The van der Waals surface area contributed by atoms with Crippen molar-refractivity contribution in [3.63, 3.8) is 0 Å². The first-order valence-electron chi connectivity index (χ1n) is 31.5. The van der Waals surface area contributed by atoms with Crippen molar-refractivity contribution in [3.8, 4) is 67.3 Å². The zero-order valence-corrected chi connectivity index (χ0v) is 55.2. The van der Waals surface area contributed by atoms with E-state index in [1.807, 2.05) is 44.1 Å². The molecule has 0 radical (unpaired) electrons. The molecule has 89 heavy (non-hydrogen) atoms. The fraction of sp³-hybridized carbons (Fsp3) is 0.287. The molecule has 448 valence electrons. The van der Waals surface area contributed by atoms with E-state index in [2.05, 4.69) is 266 Å². The monoisotopic (exact) mass is 1170 g/mol. The van der Waals surface area contributed by atoms with Crippen molar-refractivity contribution >= 4 is 32.3 Å². The maximum Gasteiger partial charge on any atom is 0.220 e. The van der Waals surface area contributed by atoms with Crippen LogP contribution in [0.1, 0.15) is 120 Å². The lowest BCUT2D eigenvalue weighted by Crippen LogP contribution is -2.31. The number of aryl methyl sites for hydroxylation is 10. The van der Waals surface area contributed by atoms with E-state index in [1.54, 1.807) is 0 Å². The molecule has 6 aromatic carbocycles. The Hall–Kier alpha value is -9.21. The van der Waals surface area contributed by atoms with Crippen molar-refractivity contribution in [2.45, 2.75) is 128 Å². The second-order valence-corrected chi connectivity index (χ2v) is 26.4. The maximum atomic E-state index is 4.76. The van der Waals surface area contributed by atoms with Gasteiger partial charge in [-0.2, -0.15) is 0 Å². The van der Waals surface area contributed by atoms with E-state index in [4.69, 9.17) is 9.97 Å².